The highest BCUT2D eigenvalue weighted by Crippen LogP contribution is 2.47. The minimum atomic E-state index is 0.0284. The zero-order chi connectivity index (χ0) is 20.1. The molecule has 0 saturated heterocycles. The summed E-state index contributed by atoms with van der Waals surface area (Å²) in [6.45, 7) is 3.60. The molecule has 1 saturated carbocycles. The van der Waals surface area contributed by atoms with Crippen LogP contribution in [0.25, 0.3) is 0 Å². The zero-order valence-corrected chi connectivity index (χ0v) is 18.2. The molecule has 0 bridgehead atoms. The van der Waals surface area contributed by atoms with Gasteiger partial charge in [-0.1, -0.05) is 12.1 Å². The second-order valence-corrected chi connectivity index (χ2v) is 8.21. The monoisotopic (exact) mass is 402 g/mol. The average molecular weight is 403 g/mol. The van der Waals surface area contributed by atoms with Crippen LogP contribution in [0.4, 0.5) is 0 Å². The van der Waals surface area contributed by atoms with Gasteiger partial charge >= 0.3 is 0 Å². The number of aliphatic imine (C=N–C) groups is 1. The summed E-state index contributed by atoms with van der Waals surface area (Å²) in [7, 11) is 7.27. The summed E-state index contributed by atoms with van der Waals surface area (Å²) in [5, 5.41) is 6.65. The third-order valence-corrected chi connectivity index (χ3v) is 6.44. The van der Waals surface area contributed by atoms with Gasteiger partial charge in [-0.15, -0.1) is 11.3 Å². The fourth-order valence-corrected chi connectivity index (χ4v) is 4.14. The lowest BCUT2D eigenvalue weighted by Gasteiger charge is -2.24. The predicted molar refractivity (Wildman–Crippen MR) is 114 cm³/mol. The Balaban J connectivity index is 1.58. The molecule has 1 aliphatic carbocycles. The van der Waals surface area contributed by atoms with E-state index in [1.54, 1.807) is 25.6 Å². The number of nitrogens with zero attached hydrogens (tertiary/aromatic N) is 3. The minimum Gasteiger partial charge on any atom is -0.497 e. The van der Waals surface area contributed by atoms with E-state index in [1.165, 1.54) is 18.4 Å². The fraction of sp³-hybridized carbons (Fsp3) is 0.524. The fourth-order valence-electron chi connectivity index (χ4n) is 3.30. The van der Waals surface area contributed by atoms with Crippen LogP contribution in [0.1, 0.15) is 42.1 Å². The van der Waals surface area contributed by atoms with Crippen molar-refractivity contribution in [2.24, 2.45) is 4.99 Å². The number of nitrogens with one attached hydrogen (secondary N) is 1. The summed E-state index contributed by atoms with van der Waals surface area (Å²) in [4.78, 5) is 11.2. The van der Waals surface area contributed by atoms with Crippen LogP contribution in [0.3, 0.4) is 0 Å². The van der Waals surface area contributed by atoms with Gasteiger partial charge < -0.3 is 19.7 Å². The molecule has 28 heavy (non-hydrogen) atoms. The van der Waals surface area contributed by atoms with Crippen molar-refractivity contribution < 1.29 is 9.47 Å². The number of benzene rings is 1. The third-order valence-electron chi connectivity index (χ3n) is 5.38. The van der Waals surface area contributed by atoms with E-state index in [2.05, 4.69) is 37.7 Å². The molecule has 1 unspecified atom stereocenters. The van der Waals surface area contributed by atoms with Gasteiger partial charge in [-0.2, -0.15) is 0 Å². The molecule has 3 rings (SSSR count). The van der Waals surface area contributed by atoms with Gasteiger partial charge in [-0.3, -0.25) is 4.99 Å². The van der Waals surface area contributed by atoms with Crippen molar-refractivity contribution >= 4 is 17.3 Å². The summed E-state index contributed by atoms with van der Waals surface area (Å²) < 4.78 is 10.6. The molecule has 0 amide bonds. The first-order valence-corrected chi connectivity index (χ1v) is 10.4. The molecule has 1 heterocycles. The Morgan fingerprint density at radius 2 is 2.04 bits per heavy atom. The van der Waals surface area contributed by atoms with Gasteiger partial charge in [0.25, 0.3) is 0 Å². The minimum absolute atomic E-state index is 0.0284. The molecular weight excluding hydrogens is 372 g/mol. The second-order valence-electron chi connectivity index (χ2n) is 7.32. The van der Waals surface area contributed by atoms with Crippen LogP contribution in [0.2, 0.25) is 0 Å². The molecule has 1 N–H and O–H groups in total. The smallest absolute Gasteiger partial charge is 0.193 e. The van der Waals surface area contributed by atoms with E-state index >= 15 is 0 Å². The van der Waals surface area contributed by atoms with Crippen LogP contribution in [-0.4, -0.2) is 50.7 Å². The van der Waals surface area contributed by atoms with Gasteiger partial charge in [0, 0.05) is 38.5 Å². The van der Waals surface area contributed by atoms with Gasteiger partial charge in [-0.25, -0.2) is 4.98 Å². The van der Waals surface area contributed by atoms with Crippen molar-refractivity contribution in [2.75, 3.05) is 34.9 Å². The van der Waals surface area contributed by atoms with Crippen LogP contribution < -0.4 is 10.1 Å². The highest BCUT2D eigenvalue weighted by atomic mass is 32.1. The summed E-state index contributed by atoms with van der Waals surface area (Å²) in [5.74, 6) is 1.78. The first-order chi connectivity index (χ1) is 13.5. The van der Waals surface area contributed by atoms with E-state index in [9.17, 15) is 0 Å². The zero-order valence-electron chi connectivity index (χ0n) is 17.4. The van der Waals surface area contributed by atoms with Crippen molar-refractivity contribution in [3.63, 3.8) is 0 Å². The van der Waals surface area contributed by atoms with Gasteiger partial charge in [0.15, 0.2) is 5.96 Å². The van der Waals surface area contributed by atoms with Crippen molar-refractivity contribution in [1.29, 1.82) is 0 Å². The predicted octanol–water partition coefficient (Wildman–Crippen LogP) is 3.60. The topological polar surface area (TPSA) is 59.0 Å². The highest BCUT2D eigenvalue weighted by Gasteiger charge is 2.44. The molecule has 1 fully saturated rings. The number of rotatable bonds is 8. The summed E-state index contributed by atoms with van der Waals surface area (Å²) >= 11 is 1.64. The number of ether oxygens (including phenoxy) is 2. The number of hydrogen-bond acceptors (Lipinski definition) is 5. The Morgan fingerprint density at radius 1 is 1.32 bits per heavy atom. The summed E-state index contributed by atoms with van der Waals surface area (Å²) in [5.41, 5.74) is 2.59. The summed E-state index contributed by atoms with van der Waals surface area (Å²) in [6, 6.07) is 8.43. The van der Waals surface area contributed by atoms with Gasteiger partial charge in [0.2, 0.25) is 0 Å². The second kappa shape index (κ2) is 8.92. The normalized spacial score (nSPS) is 16.5. The SMILES string of the molecule is CN=C(NCC1(c2ccc(OC)cc2)CC1)N(C)Cc1csc(C(C)OC)n1. The van der Waals surface area contributed by atoms with Crippen molar-refractivity contribution in [3.05, 3.63) is 45.9 Å². The largest absolute Gasteiger partial charge is 0.497 e. The lowest BCUT2D eigenvalue weighted by atomic mass is 9.96. The Labute approximate surface area is 171 Å². The Bertz CT molecular complexity index is 799. The average Bonchev–Trinajstić information content (AvgIpc) is 3.38. The Kier molecular flexibility index (Phi) is 6.57. The molecular formula is C21H30N4O2S. The molecule has 1 aliphatic rings. The maximum atomic E-state index is 5.35. The molecule has 2 aromatic rings. The van der Waals surface area contributed by atoms with Crippen LogP contribution in [0.5, 0.6) is 5.75 Å². The van der Waals surface area contributed by atoms with Gasteiger partial charge in [0.1, 0.15) is 16.9 Å². The maximum Gasteiger partial charge on any atom is 0.193 e. The lowest BCUT2D eigenvalue weighted by molar-refractivity contribution is 0.119. The first kappa shape index (κ1) is 20.6. The standard InChI is InChI=1S/C21H30N4O2S/c1-15(26-4)19-24-17(13-28-19)12-25(3)20(22-2)23-14-21(10-11-21)16-6-8-18(27-5)9-7-16/h6-9,13,15H,10-12,14H2,1-5H3,(H,22,23). The molecule has 1 atom stereocenters. The number of methoxy groups -OCH3 is 2. The maximum absolute atomic E-state index is 5.35. The van der Waals surface area contributed by atoms with E-state index in [0.717, 1.165) is 29.0 Å². The third kappa shape index (κ3) is 4.64. The number of hydrogen-bond donors (Lipinski definition) is 1. The Morgan fingerprint density at radius 3 is 2.61 bits per heavy atom. The van der Waals surface area contributed by atoms with Crippen molar-refractivity contribution in [3.8, 4) is 5.75 Å². The molecule has 7 heteroatoms. The molecule has 0 aliphatic heterocycles. The Hall–Kier alpha value is -2.12. The quantitative estimate of drug-likeness (QED) is 0.540. The molecule has 1 aromatic heterocycles. The molecule has 152 valence electrons. The molecule has 0 spiro atoms. The number of thiazole rings is 1. The number of guanidine groups is 1. The lowest BCUT2D eigenvalue weighted by Crippen LogP contribution is -2.42. The molecule has 0 radical (unpaired) electrons. The van der Waals surface area contributed by atoms with E-state index in [0.29, 0.717) is 6.54 Å². The van der Waals surface area contributed by atoms with E-state index in [-0.39, 0.29) is 11.5 Å². The summed E-state index contributed by atoms with van der Waals surface area (Å²) in [6.07, 6.45) is 2.41. The van der Waals surface area contributed by atoms with E-state index in [1.807, 2.05) is 33.2 Å². The van der Waals surface area contributed by atoms with E-state index in [4.69, 9.17) is 9.47 Å². The molecule has 1 aromatic carbocycles. The van der Waals surface area contributed by atoms with Crippen molar-refractivity contribution in [1.82, 2.24) is 15.2 Å². The van der Waals surface area contributed by atoms with Gasteiger partial charge in [0.05, 0.1) is 19.3 Å². The van der Waals surface area contributed by atoms with Crippen LogP contribution >= 0.6 is 11.3 Å². The van der Waals surface area contributed by atoms with Crippen molar-refractivity contribution in [2.45, 2.75) is 37.8 Å². The van der Waals surface area contributed by atoms with Crippen LogP contribution in [0.15, 0.2) is 34.6 Å². The van der Waals surface area contributed by atoms with E-state index < -0.39 is 0 Å². The molecule has 6 nitrogen and oxygen atoms in total. The highest BCUT2D eigenvalue weighted by molar-refractivity contribution is 7.09. The van der Waals surface area contributed by atoms with Crippen LogP contribution in [-0.2, 0) is 16.7 Å². The number of aromatic nitrogens is 1. The van der Waals surface area contributed by atoms with Gasteiger partial charge in [-0.05, 0) is 37.5 Å². The van der Waals surface area contributed by atoms with Crippen LogP contribution in [0, 0.1) is 0 Å². The first-order valence-electron chi connectivity index (χ1n) is 9.55.